The first-order valence-corrected chi connectivity index (χ1v) is 11.0. The summed E-state index contributed by atoms with van der Waals surface area (Å²) >= 11 is 0. The summed E-state index contributed by atoms with van der Waals surface area (Å²) in [7, 11) is 1.28. The maximum atomic E-state index is 12.6. The van der Waals surface area contributed by atoms with Gasteiger partial charge in [-0.3, -0.25) is 14.4 Å². The highest BCUT2D eigenvalue weighted by Crippen LogP contribution is 2.38. The summed E-state index contributed by atoms with van der Waals surface area (Å²) in [5.74, 6) is -2.15. The van der Waals surface area contributed by atoms with Gasteiger partial charge in [-0.15, -0.1) is 0 Å². The van der Waals surface area contributed by atoms with Crippen molar-refractivity contribution in [3.8, 4) is 0 Å². The fourth-order valence-electron chi connectivity index (χ4n) is 3.72. The molecule has 1 aliphatic carbocycles. The van der Waals surface area contributed by atoms with Crippen LogP contribution in [0, 0.1) is 11.8 Å². The first kappa shape index (κ1) is 24.0. The molecule has 1 saturated carbocycles. The maximum absolute atomic E-state index is 12.6. The minimum atomic E-state index is -0.743. The second-order valence-electron chi connectivity index (χ2n) is 8.08. The molecule has 174 valence electrons. The summed E-state index contributed by atoms with van der Waals surface area (Å²) in [4.78, 5) is 47.4. The molecule has 3 atom stereocenters. The van der Waals surface area contributed by atoms with E-state index in [9.17, 15) is 19.2 Å². The number of amides is 3. The van der Waals surface area contributed by atoms with Gasteiger partial charge < -0.3 is 20.7 Å². The van der Waals surface area contributed by atoms with Crippen LogP contribution >= 0.6 is 0 Å². The molecule has 0 radical (unpaired) electrons. The van der Waals surface area contributed by atoms with Crippen LogP contribution in [-0.2, 0) is 23.9 Å². The molecule has 1 fully saturated rings. The van der Waals surface area contributed by atoms with Crippen molar-refractivity contribution in [2.24, 2.45) is 11.8 Å². The zero-order valence-corrected chi connectivity index (χ0v) is 18.8. The van der Waals surface area contributed by atoms with Gasteiger partial charge in [-0.25, -0.2) is 4.79 Å². The van der Waals surface area contributed by atoms with E-state index >= 15 is 0 Å². The zero-order chi connectivity index (χ0) is 23.8. The fourth-order valence-corrected chi connectivity index (χ4v) is 3.72. The van der Waals surface area contributed by atoms with Gasteiger partial charge in [0, 0.05) is 25.1 Å². The minimum absolute atomic E-state index is 0.0180. The van der Waals surface area contributed by atoms with E-state index in [4.69, 9.17) is 0 Å². The number of benzene rings is 2. The Morgan fingerprint density at radius 3 is 2.58 bits per heavy atom. The van der Waals surface area contributed by atoms with Crippen LogP contribution in [0.5, 0.6) is 0 Å². The van der Waals surface area contributed by atoms with Crippen LogP contribution in [0.3, 0.4) is 0 Å². The molecule has 3 N–H and O–H groups in total. The Hall–Kier alpha value is -3.68. The van der Waals surface area contributed by atoms with Crippen molar-refractivity contribution in [3.05, 3.63) is 60.2 Å². The van der Waals surface area contributed by atoms with E-state index in [0.29, 0.717) is 12.8 Å². The molecular formula is C25H29N3O5. The average molecular weight is 452 g/mol. The van der Waals surface area contributed by atoms with E-state index in [-0.39, 0.29) is 36.9 Å². The molecule has 2 aromatic rings. The molecule has 0 aromatic heterocycles. The summed E-state index contributed by atoms with van der Waals surface area (Å²) in [5, 5.41) is 10.4. The smallest absolute Gasteiger partial charge is 0.330 e. The van der Waals surface area contributed by atoms with Crippen LogP contribution in [0.4, 0.5) is 0 Å². The van der Waals surface area contributed by atoms with Gasteiger partial charge in [0.05, 0.1) is 13.2 Å². The first-order valence-electron chi connectivity index (χ1n) is 11.0. The molecule has 8 nitrogen and oxygen atoms in total. The third kappa shape index (κ3) is 6.65. The molecule has 0 saturated heterocycles. The lowest BCUT2D eigenvalue weighted by Crippen LogP contribution is -2.41. The Bertz CT molecular complexity index is 1060. The lowest BCUT2D eigenvalue weighted by molar-refractivity contribution is -0.139. The first-order chi connectivity index (χ1) is 15.9. The number of nitrogens with one attached hydrogen (secondary N) is 3. The largest absolute Gasteiger partial charge is 0.466 e. The topological polar surface area (TPSA) is 114 Å². The van der Waals surface area contributed by atoms with Crippen molar-refractivity contribution < 1.29 is 23.9 Å². The number of carbonyl (C=O) groups is 4. The molecule has 2 unspecified atom stereocenters. The van der Waals surface area contributed by atoms with Gasteiger partial charge in [0.2, 0.25) is 5.91 Å². The molecule has 0 bridgehead atoms. The lowest BCUT2D eigenvalue weighted by atomic mass is 9.99. The molecule has 33 heavy (non-hydrogen) atoms. The quantitative estimate of drug-likeness (QED) is 0.234. The number of esters is 1. The molecular weight excluding hydrogens is 422 g/mol. The molecule has 3 amide bonds. The molecule has 0 spiro atoms. The van der Waals surface area contributed by atoms with Gasteiger partial charge in [0.25, 0.3) is 0 Å². The van der Waals surface area contributed by atoms with Crippen molar-refractivity contribution in [2.75, 3.05) is 20.2 Å². The highest BCUT2D eigenvalue weighted by atomic mass is 16.5. The van der Waals surface area contributed by atoms with E-state index in [0.717, 1.165) is 16.3 Å². The number of methoxy groups -OCH3 is 1. The highest BCUT2D eigenvalue weighted by molar-refractivity contribution is 6.35. The predicted octanol–water partition coefficient (Wildman–Crippen LogP) is 2.00. The highest BCUT2D eigenvalue weighted by Gasteiger charge is 2.43. The molecule has 0 aliphatic heterocycles. The van der Waals surface area contributed by atoms with Crippen molar-refractivity contribution >= 4 is 34.5 Å². The number of fused-ring (bicyclic) bond motifs is 1. The van der Waals surface area contributed by atoms with Gasteiger partial charge in [0.1, 0.15) is 0 Å². The van der Waals surface area contributed by atoms with Gasteiger partial charge >= 0.3 is 17.8 Å². The normalized spacial score (nSPS) is 17.9. The number of carbonyl (C=O) groups excluding carboxylic acids is 4. The molecule has 0 heterocycles. The SMILES string of the molecule is COC(=O)/C=C/CCNC(=O)C(=O)NCC1CC1C(=O)N[C@H](C)c1cccc2ccccc12. The fraction of sp³-hybridized carbons (Fsp3) is 0.360. The second kappa shape index (κ2) is 11.3. The van der Waals surface area contributed by atoms with Crippen LogP contribution in [0.1, 0.15) is 31.4 Å². The van der Waals surface area contributed by atoms with Crippen LogP contribution in [0.2, 0.25) is 0 Å². The van der Waals surface area contributed by atoms with Crippen LogP contribution in [0.15, 0.2) is 54.6 Å². The van der Waals surface area contributed by atoms with E-state index in [1.54, 1.807) is 6.08 Å². The Morgan fingerprint density at radius 2 is 1.79 bits per heavy atom. The van der Waals surface area contributed by atoms with Gasteiger partial charge in [-0.05, 0) is 42.0 Å². The van der Waals surface area contributed by atoms with Gasteiger partial charge in [0.15, 0.2) is 0 Å². The van der Waals surface area contributed by atoms with Gasteiger partial charge in [-0.2, -0.15) is 0 Å². The summed E-state index contributed by atoms with van der Waals surface area (Å²) in [6.07, 6.45) is 3.88. The van der Waals surface area contributed by atoms with Crippen LogP contribution in [-0.4, -0.2) is 43.9 Å². The molecule has 2 aromatic carbocycles. The van der Waals surface area contributed by atoms with Crippen molar-refractivity contribution in [2.45, 2.75) is 25.8 Å². The van der Waals surface area contributed by atoms with Crippen molar-refractivity contribution in [1.29, 1.82) is 0 Å². The average Bonchev–Trinajstić information content (AvgIpc) is 3.61. The number of hydrogen-bond acceptors (Lipinski definition) is 5. The zero-order valence-electron chi connectivity index (χ0n) is 18.8. The third-order valence-corrected chi connectivity index (χ3v) is 5.69. The summed E-state index contributed by atoms with van der Waals surface area (Å²) in [6.45, 7) is 2.46. The number of hydrogen-bond donors (Lipinski definition) is 3. The van der Waals surface area contributed by atoms with E-state index in [2.05, 4.69) is 20.7 Å². The lowest BCUT2D eigenvalue weighted by Gasteiger charge is -2.17. The van der Waals surface area contributed by atoms with Crippen molar-refractivity contribution in [3.63, 3.8) is 0 Å². The standard InChI is InChI=1S/C25H29N3O5/c1-16(19-11-7-9-17-8-3-4-10-20(17)19)28-23(30)21-14-18(21)15-27-25(32)24(31)26-13-6-5-12-22(29)33-2/h3-5,7-12,16,18,21H,6,13-15H2,1-2H3,(H,26,31)(H,27,32)(H,28,30)/b12-5+/t16-,18?,21?/m1/s1. The molecule has 1 aliphatic rings. The maximum Gasteiger partial charge on any atom is 0.330 e. The third-order valence-electron chi connectivity index (χ3n) is 5.69. The van der Waals surface area contributed by atoms with Crippen molar-refractivity contribution in [1.82, 2.24) is 16.0 Å². The van der Waals surface area contributed by atoms with E-state index in [1.807, 2.05) is 49.4 Å². The molecule has 8 heteroatoms. The molecule has 3 rings (SSSR count). The predicted molar refractivity (Wildman–Crippen MR) is 124 cm³/mol. The summed E-state index contributed by atoms with van der Waals surface area (Å²) in [5.41, 5.74) is 1.06. The van der Waals surface area contributed by atoms with Gasteiger partial charge in [-0.1, -0.05) is 48.5 Å². The Balaban J connectivity index is 1.39. The summed E-state index contributed by atoms with van der Waals surface area (Å²) < 4.78 is 4.46. The minimum Gasteiger partial charge on any atom is -0.466 e. The monoisotopic (exact) mass is 451 g/mol. The number of rotatable bonds is 9. The Morgan fingerprint density at radius 1 is 1.06 bits per heavy atom. The Labute approximate surface area is 192 Å². The summed E-state index contributed by atoms with van der Waals surface area (Å²) in [6, 6.07) is 14.0. The van der Waals surface area contributed by atoms with E-state index in [1.165, 1.54) is 13.2 Å². The second-order valence-corrected chi connectivity index (χ2v) is 8.08. The Kier molecular flexibility index (Phi) is 8.18. The van der Waals surface area contributed by atoms with E-state index < -0.39 is 17.8 Å². The van der Waals surface area contributed by atoms with Crippen LogP contribution < -0.4 is 16.0 Å². The van der Waals surface area contributed by atoms with Crippen LogP contribution in [0.25, 0.3) is 10.8 Å². The number of ether oxygens (including phenoxy) is 1.